The molecule has 0 N–H and O–H groups in total. The molecule has 0 saturated heterocycles. The first kappa shape index (κ1) is 17.9. The number of hydrogen-bond donors (Lipinski definition) is 0. The molecule has 3 aromatic rings. The topological polar surface area (TPSA) is 69.9 Å². The second-order valence-corrected chi connectivity index (χ2v) is 6.46. The van der Waals surface area contributed by atoms with Gasteiger partial charge in [0.2, 0.25) is 0 Å². The molecular weight excluding hydrogens is 352 g/mol. The van der Waals surface area contributed by atoms with Gasteiger partial charge in [0.05, 0.1) is 36.4 Å². The number of thiazole rings is 1. The third-order valence-electron chi connectivity index (χ3n) is 3.89. The number of methoxy groups -OCH3 is 2. The van der Waals surface area contributed by atoms with Gasteiger partial charge in [0, 0.05) is 6.54 Å². The van der Waals surface area contributed by atoms with E-state index in [-0.39, 0.29) is 18.3 Å². The molecule has 1 aromatic heterocycles. The van der Waals surface area contributed by atoms with Crippen molar-refractivity contribution in [2.24, 2.45) is 4.99 Å². The van der Waals surface area contributed by atoms with Crippen LogP contribution in [0.2, 0.25) is 0 Å². The average molecular weight is 370 g/mol. The number of benzene rings is 2. The van der Waals surface area contributed by atoms with E-state index in [1.165, 1.54) is 25.6 Å². The molecule has 0 radical (unpaired) electrons. The Bertz CT molecular complexity index is 1020. The molecule has 0 bridgehead atoms. The lowest BCUT2D eigenvalue weighted by Gasteiger charge is -2.05. The molecule has 0 atom stereocenters. The zero-order chi connectivity index (χ0) is 18.5. The number of nitrogens with zero attached hydrogens (tertiary/aromatic N) is 2. The van der Waals surface area contributed by atoms with Gasteiger partial charge in [-0.05, 0) is 24.3 Å². The van der Waals surface area contributed by atoms with E-state index in [1.54, 1.807) is 24.3 Å². The predicted molar refractivity (Wildman–Crippen MR) is 99.3 cm³/mol. The predicted octanol–water partition coefficient (Wildman–Crippen LogP) is 3.02. The van der Waals surface area contributed by atoms with Crippen LogP contribution in [0.5, 0.6) is 5.75 Å². The summed E-state index contributed by atoms with van der Waals surface area (Å²) in [4.78, 5) is 29.0. The molecule has 0 aliphatic heterocycles. The van der Waals surface area contributed by atoms with Crippen LogP contribution in [0.4, 0.5) is 0 Å². The number of aromatic nitrogens is 1. The highest BCUT2D eigenvalue weighted by molar-refractivity contribution is 7.16. The van der Waals surface area contributed by atoms with E-state index in [9.17, 15) is 9.59 Å². The summed E-state index contributed by atoms with van der Waals surface area (Å²) in [7, 11) is 2.87. The Morgan fingerprint density at radius 3 is 2.58 bits per heavy atom. The first-order valence-electron chi connectivity index (χ1n) is 8.01. The van der Waals surface area contributed by atoms with Crippen molar-refractivity contribution in [3.63, 3.8) is 0 Å². The summed E-state index contributed by atoms with van der Waals surface area (Å²) in [6, 6.07) is 14.7. The maximum atomic E-state index is 12.7. The van der Waals surface area contributed by atoms with E-state index in [0.717, 1.165) is 10.2 Å². The Kier molecular flexibility index (Phi) is 5.48. The Morgan fingerprint density at radius 1 is 1.08 bits per heavy atom. The van der Waals surface area contributed by atoms with Crippen LogP contribution in [-0.4, -0.2) is 30.7 Å². The maximum Gasteiger partial charge on any atom is 0.307 e. The van der Waals surface area contributed by atoms with Gasteiger partial charge in [0.15, 0.2) is 4.80 Å². The fourth-order valence-electron chi connectivity index (χ4n) is 2.60. The fourth-order valence-corrected chi connectivity index (χ4v) is 3.65. The molecule has 26 heavy (non-hydrogen) atoms. The molecule has 134 valence electrons. The van der Waals surface area contributed by atoms with Crippen LogP contribution < -0.4 is 9.54 Å². The number of para-hydroxylation sites is 2. The third kappa shape index (κ3) is 3.67. The van der Waals surface area contributed by atoms with Crippen LogP contribution in [0.25, 0.3) is 10.2 Å². The van der Waals surface area contributed by atoms with Crippen molar-refractivity contribution in [3.05, 3.63) is 58.9 Å². The van der Waals surface area contributed by atoms with Crippen LogP contribution in [0, 0.1) is 0 Å². The normalized spacial score (nSPS) is 11.5. The Hall–Kier alpha value is -2.93. The quantitative estimate of drug-likeness (QED) is 0.648. The van der Waals surface area contributed by atoms with Gasteiger partial charge in [-0.1, -0.05) is 35.6 Å². The molecule has 7 heteroatoms. The summed E-state index contributed by atoms with van der Waals surface area (Å²) < 4.78 is 12.8. The highest BCUT2D eigenvalue weighted by Gasteiger charge is 2.13. The summed E-state index contributed by atoms with van der Waals surface area (Å²) in [5, 5.41) is 0. The van der Waals surface area contributed by atoms with Gasteiger partial charge in [0.1, 0.15) is 5.75 Å². The number of ether oxygens (including phenoxy) is 2. The minimum atomic E-state index is -0.388. The summed E-state index contributed by atoms with van der Waals surface area (Å²) in [6.45, 7) is 0.384. The zero-order valence-corrected chi connectivity index (χ0v) is 15.3. The van der Waals surface area contributed by atoms with Crippen LogP contribution in [0.1, 0.15) is 16.8 Å². The van der Waals surface area contributed by atoms with Crippen molar-refractivity contribution < 1.29 is 19.1 Å². The Balaban J connectivity index is 2.07. The second kappa shape index (κ2) is 7.97. The largest absolute Gasteiger partial charge is 0.496 e. The summed E-state index contributed by atoms with van der Waals surface area (Å²) in [6.07, 6.45) is 0.202. The molecule has 2 aromatic carbocycles. The van der Waals surface area contributed by atoms with Crippen molar-refractivity contribution >= 4 is 33.4 Å². The molecule has 3 rings (SSSR count). The van der Waals surface area contributed by atoms with Gasteiger partial charge < -0.3 is 14.0 Å². The monoisotopic (exact) mass is 370 g/mol. The lowest BCUT2D eigenvalue weighted by atomic mass is 10.2. The van der Waals surface area contributed by atoms with E-state index < -0.39 is 0 Å². The molecule has 1 heterocycles. The minimum Gasteiger partial charge on any atom is -0.496 e. The van der Waals surface area contributed by atoms with Gasteiger partial charge in [-0.3, -0.25) is 9.59 Å². The van der Waals surface area contributed by atoms with Crippen molar-refractivity contribution in [3.8, 4) is 5.75 Å². The number of fused-ring (bicyclic) bond motifs is 1. The van der Waals surface area contributed by atoms with Crippen LogP contribution in [0.3, 0.4) is 0 Å². The highest BCUT2D eigenvalue weighted by atomic mass is 32.1. The zero-order valence-electron chi connectivity index (χ0n) is 14.5. The summed E-state index contributed by atoms with van der Waals surface area (Å²) in [5.41, 5.74) is 1.32. The lowest BCUT2D eigenvalue weighted by Crippen LogP contribution is -2.19. The van der Waals surface area contributed by atoms with Crippen LogP contribution in [0.15, 0.2) is 53.5 Å². The van der Waals surface area contributed by atoms with E-state index in [1.807, 2.05) is 28.8 Å². The first-order valence-corrected chi connectivity index (χ1v) is 8.83. The van der Waals surface area contributed by atoms with Crippen molar-refractivity contribution in [1.82, 2.24) is 4.57 Å². The number of aryl methyl sites for hydroxylation is 1. The van der Waals surface area contributed by atoms with E-state index in [0.29, 0.717) is 22.7 Å². The molecule has 0 aliphatic rings. The number of hydrogen-bond acceptors (Lipinski definition) is 5. The van der Waals surface area contributed by atoms with Crippen molar-refractivity contribution in [2.75, 3.05) is 14.2 Å². The molecule has 6 nitrogen and oxygen atoms in total. The molecular formula is C19H18N2O4S. The second-order valence-electron chi connectivity index (χ2n) is 5.45. The van der Waals surface area contributed by atoms with Crippen molar-refractivity contribution in [2.45, 2.75) is 13.0 Å². The number of esters is 1. The summed E-state index contributed by atoms with van der Waals surface area (Å²) >= 11 is 1.40. The van der Waals surface area contributed by atoms with Gasteiger partial charge >= 0.3 is 5.97 Å². The average Bonchev–Trinajstić information content (AvgIpc) is 3.02. The number of rotatable bonds is 5. The number of amides is 1. The van der Waals surface area contributed by atoms with Gasteiger partial charge in [-0.2, -0.15) is 4.99 Å². The first-order chi connectivity index (χ1) is 12.6. The maximum absolute atomic E-state index is 12.7. The lowest BCUT2D eigenvalue weighted by molar-refractivity contribution is -0.140. The molecule has 0 saturated carbocycles. The van der Waals surface area contributed by atoms with E-state index >= 15 is 0 Å². The van der Waals surface area contributed by atoms with E-state index in [4.69, 9.17) is 9.47 Å². The smallest absolute Gasteiger partial charge is 0.307 e. The third-order valence-corrected chi connectivity index (χ3v) is 4.95. The molecule has 1 amide bonds. The number of carbonyl (C=O) groups is 2. The Labute approximate surface area is 154 Å². The molecule has 0 unspecified atom stereocenters. The molecule has 0 fully saturated rings. The Morgan fingerprint density at radius 2 is 1.81 bits per heavy atom. The standard InChI is InChI=1S/C19H18N2O4S/c1-24-15-9-5-3-7-13(15)18(23)20-19-21(12-11-17(22)25-2)14-8-4-6-10-16(14)26-19/h3-10H,11-12H2,1-2H3. The molecule has 0 spiro atoms. The van der Waals surface area contributed by atoms with Gasteiger partial charge in [0.25, 0.3) is 5.91 Å². The fraction of sp³-hybridized carbons (Fsp3) is 0.211. The van der Waals surface area contributed by atoms with E-state index in [2.05, 4.69) is 4.99 Å². The highest BCUT2D eigenvalue weighted by Crippen LogP contribution is 2.20. The molecule has 0 aliphatic carbocycles. The van der Waals surface area contributed by atoms with Crippen LogP contribution >= 0.6 is 11.3 Å². The summed E-state index contributed by atoms with van der Waals surface area (Å²) in [5.74, 6) is -0.223. The SMILES string of the molecule is COC(=O)CCn1c(=NC(=O)c2ccccc2OC)sc2ccccc21. The number of carbonyl (C=O) groups excluding carboxylic acids is 2. The minimum absolute atomic E-state index is 0.202. The van der Waals surface area contributed by atoms with Gasteiger partial charge in [-0.25, -0.2) is 0 Å². The van der Waals surface area contributed by atoms with Crippen LogP contribution in [-0.2, 0) is 16.1 Å². The van der Waals surface area contributed by atoms with Gasteiger partial charge in [-0.15, -0.1) is 0 Å². The van der Waals surface area contributed by atoms with Crippen molar-refractivity contribution in [1.29, 1.82) is 0 Å².